The normalized spacial score (nSPS) is 11.1. The second-order valence-corrected chi connectivity index (χ2v) is 12.2. The number of carbonyl (C=O) groups is 2. The molecule has 0 spiro atoms. The zero-order valence-electron chi connectivity index (χ0n) is 27.7. The number of halogens is 1. The molecule has 0 radical (unpaired) electrons. The summed E-state index contributed by atoms with van der Waals surface area (Å²) in [5, 5.41) is 2.86. The van der Waals surface area contributed by atoms with Crippen LogP contribution in [0.2, 0.25) is 0 Å². The van der Waals surface area contributed by atoms with E-state index in [1.165, 1.54) is 89.9 Å². The van der Waals surface area contributed by atoms with Gasteiger partial charge in [0, 0.05) is 43.0 Å². The fourth-order valence-corrected chi connectivity index (χ4v) is 5.57. The van der Waals surface area contributed by atoms with E-state index >= 15 is 0 Å². The van der Waals surface area contributed by atoms with Crippen LogP contribution >= 0.6 is 12.4 Å². The van der Waals surface area contributed by atoms with Gasteiger partial charge in [0.25, 0.3) is 0 Å². The molecule has 0 heterocycles. The van der Waals surface area contributed by atoms with Gasteiger partial charge in [0.05, 0.1) is 0 Å². The second kappa shape index (κ2) is 26.8. The van der Waals surface area contributed by atoms with Crippen molar-refractivity contribution in [2.24, 2.45) is 0 Å². The SMILES string of the molecule is CCCCCCCCCCCCCCCCCCN(C=O)c1ccccc1COC(=O)NCCN(C(C)C)C(C)C.Cl. The standard InChI is InChI=1S/C35H63N3O3.ClH/c1-6-7-8-9-10-11-12-13-14-15-16-17-18-19-20-23-27-37(30-39)34-25-22-21-24-33(34)29-41-35(40)36-26-28-38(31(2)3)32(4)5;/h21-22,24-25,30-32H,6-20,23,26-29H2,1-5H3,(H,36,40);1H. The van der Waals surface area contributed by atoms with Crippen molar-refractivity contribution in [1.29, 1.82) is 0 Å². The fraction of sp³-hybridized carbons (Fsp3) is 0.771. The smallest absolute Gasteiger partial charge is 0.407 e. The average Bonchev–Trinajstić information content (AvgIpc) is 2.96. The molecule has 0 saturated heterocycles. The Bertz CT molecular complexity index is 782. The molecule has 0 saturated carbocycles. The Balaban J connectivity index is 0.0000168. The van der Waals surface area contributed by atoms with E-state index in [1.54, 1.807) is 4.90 Å². The molecule has 2 amide bonds. The van der Waals surface area contributed by atoms with Crippen LogP contribution in [0, 0.1) is 0 Å². The number of benzene rings is 1. The van der Waals surface area contributed by atoms with E-state index in [9.17, 15) is 9.59 Å². The summed E-state index contributed by atoms with van der Waals surface area (Å²) in [5.41, 5.74) is 1.67. The molecule has 244 valence electrons. The molecule has 0 unspecified atom stereocenters. The first-order chi connectivity index (χ1) is 19.9. The lowest BCUT2D eigenvalue weighted by Crippen LogP contribution is -2.42. The third kappa shape index (κ3) is 19.4. The maximum Gasteiger partial charge on any atom is 0.407 e. The van der Waals surface area contributed by atoms with Crippen LogP contribution in [-0.4, -0.2) is 49.1 Å². The molecule has 0 aliphatic heterocycles. The second-order valence-electron chi connectivity index (χ2n) is 12.2. The van der Waals surface area contributed by atoms with E-state index < -0.39 is 6.09 Å². The summed E-state index contributed by atoms with van der Waals surface area (Å²) in [4.78, 5) is 28.3. The van der Waals surface area contributed by atoms with Crippen molar-refractivity contribution in [3.63, 3.8) is 0 Å². The van der Waals surface area contributed by atoms with Crippen LogP contribution in [0.25, 0.3) is 0 Å². The maximum absolute atomic E-state index is 12.3. The number of ether oxygens (including phenoxy) is 1. The molecular formula is C35H64ClN3O3. The van der Waals surface area contributed by atoms with Gasteiger partial charge in [-0.2, -0.15) is 0 Å². The van der Waals surface area contributed by atoms with Gasteiger partial charge in [0.2, 0.25) is 6.41 Å². The van der Waals surface area contributed by atoms with Gasteiger partial charge in [-0.3, -0.25) is 9.69 Å². The number of para-hydroxylation sites is 1. The number of alkyl carbamates (subject to hydrolysis) is 1. The van der Waals surface area contributed by atoms with E-state index in [0.29, 0.717) is 25.2 Å². The van der Waals surface area contributed by atoms with Crippen LogP contribution in [0.5, 0.6) is 0 Å². The Kier molecular flexibility index (Phi) is 25.7. The van der Waals surface area contributed by atoms with Crippen LogP contribution in [0.15, 0.2) is 24.3 Å². The van der Waals surface area contributed by atoms with E-state index in [0.717, 1.165) is 37.0 Å². The molecule has 1 aromatic carbocycles. The van der Waals surface area contributed by atoms with Gasteiger partial charge in [0.1, 0.15) is 6.61 Å². The van der Waals surface area contributed by atoms with Crippen molar-refractivity contribution < 1.29 is 14.3 Å². The minimum Gasteiger partial charge on any atom is -0.445 e. The van der Waals surface area contributed by atoms with E-state index in [2.05, 4.69) is 44.8 Å². The molecule has 1 aromatic rings. The van der Waals surface area contributed by atoms with E-state index in [1.807, 2.05) is 24.3 Å². The number of amides is 2. The van der Waals surface area contributed by atoms with E-state index in [-0.39, 0.29) is 19.0 Å². The van der Waals surface area contributed by atoms with Gasteiger partial charge in [-0.1, -0.05) is 121 Å². The van der Waals surface area contributed by atoms with Gasteiger partial charge in [-0.25, -0.2) is 4.79 Å². The Morgan fingerprint density at radius 3 is 1.71 bits per heavy atom. The zero-order valence-corrected chi connectivity index (χ0v) is 28.5. The summed E-state index contributed by atoms with van der Waals surface area (Å²) in [6.07, 6.45) is 21.8. The lowest BCUT2D eigenvalue weighted by Gasteiger charge is -2.30. The van der Waals surface area contributed by atoms with Crippen molar-refractivity contribution in [3.8, 4) is 0 Å². The molecule has 0 aromatic heterocycles. The first-order valence-electron chi connectivity index (χ1n) is 16.9. The molecule has 0 fully saturated rings. The predicted octanol–water partition coefficient (Wildman–Crippen LogP) is 9.68. The number of nitrogens with zero attached hydrogens (tertiary/aromatic N) is 2. The molecule has 7 heteroatoms. The van der Waals surface area contributed by atoms with Gasteiger partial charge in [-0.15, -0.1) is 12.4 Å². The van der Waals surface area contributed by atoms with Crippen molar-refractivity contribution >= 4 is 30.6 Å². The largest absolute Gasteiger partial charge is 0.445 e. The molecule has 0 aliphatic carbocycles. The number of carbonyl (C=O) groups excluding carboxylic acids is 2. The van der Waals surface area contributed by atoms with Gasteiger partial charge in [-0.05, 0) is 40.2 Å². The van der Waals surface area contributed by atoms with Gasteiger partial charge < -0.3 is 15.0 Å². The first kappa shape index (κ1) is 40.2. The minimum atomic E-state index is -0.428. The third-order valence-electron chi connectivity index (χ3n) is 8.01. The van der Waals surface area contributed by atoms with Crippen molar-refractivity contribution in [1.82, 2.24) is 10.2 Å². The molecule has 0 aliphatic rings. The Hall–Kier alpha value is -1.79. The third-order valence-corrected chi connectivity index (χ3v) is 8.01. The Morgan fingerprint density at radius 1 is 0.762 bits per heavy atom. The minimum absolute atomic E-state index is 0. The van der Waals surface area contributed by atoms with Gasteiger partial charge in [0.15, 0.2) is 0 Å². The van der Waals surface area contributed by atoms with Crippen LogP contribution < -0.4 is 10.2 Å². The monoisotopic (exact) mass is 609 g/mol. The molecular weight excluding hydrogens is 546 g/mol. The summed E-state index contributed by atoms with van der Waals surface area (Å²) in [6.45, 7) is 13.1. The summed E-state index contributed by atoms with van der Waals surface area (Å²) in [5.74, 6) is 0. The number of rotatable bonds is 26. The number of hydrogen-bond donors (Lipinski definition) is 1. The summed E-state index contributed by atoms with van der Waals surface area (Å²) >= 11 is 0. The number of hydrogen-bond acceptors (Lipinski definition) is 4. The highest BCUT2D eigenvalue weighted by molar-refractivity contribution is 5.85. The van der Waals surface area contributed by atoms with Crippen LogP contribution in [0.4, 0.5) is 10.5 Å². The lowest BCUT2D eigenvalue weighted by molar-refractivity contribution is -0.107. The maximum atomic E-state index is 12.3. The number of anilines is 1. The van der Waals surface area contributed by atoms with Crippen molar-refractivity contribution in [2.75, 3.05) is 24.5 Å². The van der Waals surface area contributed by atoms with Crippen molar-refractivity contribution in [3.05, 3.63) is 29.8 Å². The van der Waals surface area contributed by atoms with Crippen LogP contribution in [-0.2, 0) is 16.1 Å². The van der Waals surface area contributed by atoms with Crippen LogP contribution in [0.3, 0.4) is 0 Å². The summed E-state index contributed by atoms with van der Waals surface area (Å²) < 4.78 is 5.49. The highest BCUT2D eigenvalue weighted by Crippen LogP contribution is 2.21. The zero-order chi connectivity index (χ0) is 30.1. The Labute approximate surface area is 265 Å². The average molecular weight is 610 g/mol. The quantitative estimate of drug-likeness (QED) is 0.0838. The highest BCUT2D eigenvalue weighted by atomic mass is 35.5. The number of unbranched alkanes of at least 4 members (excludes halogenated alkanes) is 15. The number of nitrogens with one attached hydrogen (secondary N) is 1. The summed E-state index contributed by atoms with van der Waals surface area (Å²) in [6, 6.07) is 8.54. The summed E-state index contributed by atoms with van der Waals surface area (Å²) in [7, 11) is 0. The molecule has 1 rings (SSSR count). The van der Waals surface area contributed by atoms with Crippen LogP contribution in [0.1, 0.15) is 143 Å². The van der Waals surface area contributed by atoms with Gasteiger partial charge >= 0.3 is 6.09 Å². The van der Waals surface area contributed by atoms with E-state index in [4.69, 9.17) is 4.74 Å². The lowest BCUT2D eigenvalue weighted by atomic mass is 10.0. The Morgan fingerprint density at radius 2 is 1.24 bits per heavy atom. The molecule has 42 heavy (non-hydrogen) atoms. The van der Waals surface area contributed by atoms with Crippen molar-refractivity contribution in [2.45, 2.75) is 156 Å². The molecule has 0 bridgehead atoms. The molecule has 1 N–H and O–H groups in total. The predicted molar refractivity (Wildman–Crippen MR) is 182 cm³/mol. The highest BCUT2D eigenvalue weighted by Gasteiger charge is 2.15. The first-order valence-corrected chi connectivity index (χ1v) is 16.9. The topological polar surface area (TPSA) is 61.9 Å². The molecule has 0 atom stereocenters. The fourth-order valence-electron chi connectivity index (χ4n) is 5.57. The molecule has 6 nitrogen and oxygen atoms in total.